The summed E-state index contributed by atoms with van der Waals surface area (Å²) in [5.74, 6) is 0.832. The van der Waals surface area contributed by atoms with Gasteiger partial charge in [-0.25, -0.2) is 0 Å². The Labute approximate surface area is 89.3 Å². The van der Waals surface area contributed by atoms with Gasteiger partial charge in [0.05, 0.1) is 18.8 Å². The highest BCUT2D eigenvalue weighted by Gasteiger charge is 2.03. The van der Waals surface area contributed by atoms with Crippen molar-refractivity contribution < 1.29 is 14.3 Å². The maximum Gasteiger partial charge on any atom is 0.314 e. The molecule has 0 aliphatic rings. The lowest BCUT2D eigenvalue weighted by Crippen LogP contribution is -2.08. The predicted octanol–water partition coefficient (Wildman–Crippen LogP) is 2.53. The van der Waals surface area contributed by atoms with Gasteiger partial charge in [0.2, 0.25) is 0 Å². The van der Waals surface area contributed by atoms with E-state index >= 15 is 0 Å². The number of ether oxygens (including phenoxy) is 2. The standard InChI is InChI=1S/C12H14O3/c1-10(2)15-12(13)8-9-14-11-6-4-3-5-7-11/h3-7H,1,8-9H2,2H3. The topological polar surface area (TPSA) is 35.5 Å². The van der Waals surface area contributed by atoms with Gasteiger partial charge < -0.3 is 9.47 Å². The van der Waals surface area contributed by atoms with E-state index in [2.05, 4.69) is 6.58 Å². The van der Waals surface area contributed by atoms with Gasteiger partial charge in [-0.05, 0) is 19.1 Å². The zero-order valence-corrected chi connectivity index (χ0v) is 8.73. The lowest BCUT2D eigenvalue weighted by Gasteiger charge is -2.05. The van der Waals surface area contributed by atoms with E-state index in [1.807, 2.05) is 30.3 Å². The molecule has 1 rings (SSSR count). The van der Waals surface area contributed by atoms with Crippen LogP contribution in [0.3, 0.4) is 0 Å². The van der Waals surface area contributed by atoms with Crippen LogP contribution in [0.4, 0.5) is 0 Å². The fraction of sp³-hybridized carbons (Fsp3) is 0.250. The van der Waals surface area contributed by atoms with Crippen molar-refractivity contribution in [2.45, 2.75) is 13.3 Å². The van der Waals surface area contributed by atoms with Crippen molar-refractivity contribution in [3.8, 4) is 5.75 Å². The van der Waals surface area contributed by atoms with Crippen LogP contribution >= 0.6 is 0 Å². The van der Waals surface area contributed by atoms with Gasteiger partial charge in [-0.15, -0.1) is 0 Å². The van der Waals surface area contributed by atoms with Crippen LogP contribution in [-0.4, -0.2) is 12.6 Å². The quantitative estimate of drug-likeness (QED) is 0.548. The van der Waals surface area contributed by atoms with Crippen LogP contribution in [-0.2, 0) is 9.53 Å². The highest BCUT2D eigenvalue weighted by Crippen LogP contribution is 2.08. The third-order valence-electron chi connectivity index (χ3n) is 1.61. The minimum atomic E-state index is -0.321. The van der Waals surface area contributed by atoms with E-state index < -0.39 is 0 Å². The lowest BCUT2D eigenvalue weighted by molar-refractivity contribution is -0.139. The summed E-state index contributed by atoms with van der Waals surface area (Å²) in [5.41, 5.74) is 0. The van der Waals surface area contributed by atoms with Crippen molar-refractivity contribution >= 4 is 5.97 Å². The van der Waals surface area contributed by atoms with Crippen molar-refractivity contribution in [2.75, 3.05) is 6.61 Å². The lowest BCUT2D eigenvalue weighted by atomic mass is 10.3. The van der Waals surface area contributed by atoms with E-state index in [-0.39, 0.29) is 12.4 Å². The zero-order chi connectivity index (χ0) is 11.1. The molecule has 0 atom stereocenters. The molecule has 0 saturated carbocycles. The predicted molar refractivity (Wildman–Crippen MR) is 57.5 cm³/mol. The first-order chi connectivity index (χ1) is 7.18. The number of para-hydroxylation sites is 1. The van der Waals surface area contributed by atoms with E-state index in [4.69, 9.17) is 9.47 Å². The fourth-order valence-corrected chi connectivity index (χ4v) is 1.01. The highest BCUT2D eigenvalue weighted by atomic mass is 16.5. The van der Waals surface area contributed by atoms with Crippen LogP contribution in [0, 0.1) is 0 Å². The van der Waals surface area contributed by atoms with E-state index in [0.29, 0.717) is 12.4 Å². The Morgan fingerprint density at radius 3 is 2.60 bits per heavy atom. The van der Waals surface area contributed by atoms with E-state index in [1.165, 1.54) is 0 Å². The Balaban J connectivity index is 2.22. The summed E-state index contributed by atoms with van der Waals surface area (Å²) in [4.78, 5) is 11.1. The second-order valence-corrected chi connectivity index (χ2v) is 3.09. The van der Waals surface area contributed by atoms with Crippen LogP contribution in [0.2, 0.25) is 0 Å². The molecule has 0 amide bonds. The van der Waals surface area contributed by atoms with Crippen LogP contribution in [0.15, 0.2) is 42.7 Å². The smallest absolute Gasteiger partial charge is 0.314 e. The molecule has 0 aliphatic carbocycles. The number of benzene rings is 1. The van der Waals surface area contributed by atoms with Crippen molar-refractivity contribution in [3.05, 3.63) is 42.7 Å². The summed E-state index contributed by atoms with van der Waals surface area (Å²) in [6.07, 6.45) is 0.224. The van der Waals surface area contributed by atoms with E-state index in [9.17, 15) is 4.79 Å². The van der Waals surface area contributed by atoms with Gasteiger partial charge in [0.1, 0.15) is 5.75 Å². The molecule has 0 unspecified atom stereocenters. The average molecular weight is 206 g/mol. The summed E-state index contributed by atoms with van der Waals surface area (Å²) in [7, 11) is 0. The third kappa shape index (κ3) is 4.86. The Morgan fingerprint density at radius 2 is 2.00 bits per heavy atom. The van der Waals surface area contributed by atoms with Crippen molar-refractivity contribution in [2.24, 2.45) is 0 Å². The second kappa shape index (κ2) is 5.86. The van der Waals surface area contributed by atoms with Gasteiger partial charge >= 0.3 is 5.97 Å². The minimum Gasteiger partial charge on any atom is -0.493 e. The van der Waals surface area contributed by atoms with Crippen molar-refractivity contribution in [1.82, 2.24) is 0 Å². The molecule has 0 heterocycles. The van der Waals surface area contributed by atoms with Crippen LogP contribution in [0.5, 0.6) is 5.75 Å². The number of rotatable bonds is 5. The number of hydrogen-bond acceptors (Lipinski definition) is 3. The molecule has 3 heteroatoms. The number of carbonyl (C=O) groups is 1. The number of hydrogen-bond donors (Lipinski definition) is 0. The second-order valence-electron chi connectivity index (χ2n) is 3.09. The Kier molecular flexibility index (Phi) is 4.41. The van der Waals surface area contributed by atoms with Crippen molar-refractivity contribution in [3.63, 3.8) is 0 Å². The zero-order valence-electron chi connectivity index (χ0n) is 8.73. The summed E-state index contributed by atoms with van der Waals surface area (Å²) >= 11 is 0. The first-order valence-electron chi connectivity index (χ1n) is 4.72. The molecule has 0 bridgehead atoms. The molecule has 0 saturated heterocycles. The molecule has 0 radical (unpaired) electrons. The number of carbonyl (C=O) groups excluding carboxylic acids is 1. The van der Waals surface area contributed by atoms with Crippen LogP contribution in [0.25, 0.3) is 0 Å². The van der Waals surface area contributed by atoms with Gasteiger partial charge in [-0.1, -0.05) is 24.8 Å². The number of allylic oxidation sites excluding steroid dienone is 1. The van der Waals surface area contributed by atoms with E-state index in [0.717, 1.165) is 5.75 Å². The summed E-state index contributed by atoms with van der Waals surface area (Å²) in [6, 6.07) is 9.33. The molecule has 15 heavy (non-hydrogen) atoms. The minimum absolute atomic E-state index is 0.224. The molecule has 0 N–H and O–H groups in total. The summed E-state index contributed by atoms with van der Waals surface area (Å²) in [5, 5.41) is 0. The molecule has 1 aromatic carbocycles. The Morgan fingerprint density at radius 1 is 1.33 bits per heavy atom. The molecule has 0 aliphatic heterocycles. The molecule has 0 fully saturated rings. The van der Waals surface area contributed by atoms with E-state index in [1.54, 1.807) is 6.92 Å². The fourth-order valence-electron chi connectivity index (χ4n) is 1.01. The first kappa shape index (κ1) is 11.3. The molecule has 0 spiro atoms. The SMILES string of the molecule is C=C(C)OC(=O)CCOc1ccccc1. The van der Waals surface area contributed by atoms with Gasteiger partial charge in [-0.2, -0.15) is 0 Å². The van der Waals surface area contributed by atoms with Gasteiger partial charge in [0.15, 0.2) is 0 Å². The van der Waals surface area contributed by atoms with Gasteiger partial charge in [0, 0.05) is 0 Å². The highest BCUT2D eigenvalue weighted by molar-refractivity contribution is 5.70. The maximum absolute atomic E-state index is 11.1. The number of esters is 1. The van der Waals surface area contributed by atoms with Crippen LogP contribution in [0.1, 0.15) is 13.3 Å². The molecule has 1 aromatic rings. The summed E-state index contributed by atoms with van der Waals surface area (Å²) in [6.45, 7) is 5.43. The van der Waals surface area contributed by atoms with Crippen LogP contribution < -0.4 is 4.74 Å². The Bertz CT molecular complexity index is 330. The normalized spacial score (nSPS) is 9.40. The van der Waals surface area contributed by atoms with Gasteiger partial charge in [-0.3, -0.25) is 4.79 Å². The molecule has 0 aromatic heterocycles. The molecule has 3 nitrogen and oxygen atoms in total. The monoisotopic (exact) mass is 206 g/mol. The first-order valence-corrected chi connectivity index (χ1v) is 4.72. The molecule has 80 valence electrons. The summed E-state index contributed by atoms with van der Waals surface area (Å²) < 4.78 is 10.1. The van der Waals surface area contributed by atoms with Gasteiger partial charge in [0.25, 0.3) is 0 Å². The Hall–Kier alpha value is -1.77. The average Bonchev–Trinajstić information content (AvgIpc) is 2.18. The third-order valence-corrected chi connectivity index (χ3v) is 1.61. The largest absolute Gasteiger partial charge is 0.493 e. The van der Waals surface area contributed by atoms with Crippen molar-refractivity contribution in [1.29, 1.82) is 0 Å². The molecular formula is C12H14O3. The maximum atomic E-state index is 11.1. The molecular weight excluding hydrogens is 192 g/mol.